The smallest absolute Gasteiger partial charge is 0.126 e. The van der Waals surface area contributed by atoms with Crippen LogP contribution < -0.4 is 5.73 Å². The molecule has 0 spiro atoms. The Hall–Kier alpha value is -0.280. The van der Waals surface area contributed by atoms with Gasteiger partial charge in [-0.25, -0.2) is 4.98 Å². The van der Waals surface area contributed by atoms with Gasteiger partial charge in [0.2, 0.25) is 0 Å². The third kappa shape index (κ3) is 2.89. The van der Waals surface area contributed by atoms with Crippen molar-refractivity contribution in [2.75, 3.05) is 5.73 Å². The standard InChI is InChI=1S/C12H16BrClN2/c13-9-4-2-1-3-8(5-9)11-6-10(14)7-16-12(11)15/h6-9H,1-5H2,(H2,15,16). The average Bonchev–Trinajstić information content (AvgIpc) is 2.46. The van der Waals surface area contributed by atoms with E-state index in [-0.39, 0.29) is 0 Å². The monoisotopic (exact) mass is 302 g/mol. The predicted molar refractivity (Wildman–Crippen MR) is 72.2 cm³/mol. The summed E-state index contributed by atoms with van der Waals surface area (Å²) in [5, 5.41) is 0.680. The van der Waals surface area contributed by atoms with Gasteiger partial charge in [-0.05, 0) is 36.8 Å². The molecule has 1 aromatic rings. The van der Waals surface area contributed by atoms with Gasteiger partial charge in [-0.15, -0.1) is 0 Å². The number of pyridine rings is 1. The minimum absolute atomic E-state index is 0.498. The highest BCUT2D eigenvalue weighted by atomic mass is 79.9. The molecular weight excluding hydrogens is 288 g/mol. The molecule has 2 N–H and O–H groups in total. The van der Waals surface area contributed by atoms with Crippen LogP contribution in [0.25, 0.3) is 0 Å². The summed E-state index contributed by atoms with van der Waals surface area (Å²) < 4.78 is 0. The summed E-state index contributed by atoms with van der Waals surface area (Å²) in [6.45, 7) is 0. The molecule has 1 heterocycles. The number of rotatable bonds is 1. The van der Waals surface area contributed by atoms with E-state index in [4.69, 9.17) is 17.3 Å². The maximum absolute atomic E-state index is 5.98. The van der Waals surface area contributed by atoms with Crippen molar-refractivity contribution in [1.82, 2.24) is 4.98 Å². The lowest BCUT2D eigenvalue weighted by Gasteiger charge is -2.18. The lowest BCUT2D eigenvalue weighted by Crippen LogP contribution is -2.07. The molecule has 1 aromatic heterocycles. The molecule has 2 unspecified atom stereocenters. The number of nitrogens with two attached hydrogens (primary N) is 1. The summed E-state index contributed by atoms with van der Waals surface area (Å²) in [5.74, 6) is 1.13. The molecule has 2 atom stereocenters. The van der Waals surface area contributed by atoms with Crippen LogP contribution in [0, 0.1) is 0 Å². The third-order valence-corrected chi connectivity index (χ3v) is 4.25. The molecule has 2 rings (SSSR count). The van der Waals surface area contributed by atoms with Crippen molar-refractivity contribution in [3.8, 4) is 0 Å². The van der Waals surface area contributed by atoms with Gasteiger partial charge in [0.15, 0.2) is 0 Å². The molecule has 88 valence electrons. The molecule has 1 aliphatic carbocycles. The van der Waals surface area contributed by atoms with Gasteiger partial charge in [0.1, 0.15) is 5.82 Å². The highest BCUT2D eigenvalue weighted by molar-refractivity contribution is 9.09. The molecular formula is C12H16BrClN2. The minimum atomic E-state index is 0.498. The van der Waals surface area contributed by atoms with E-state index in [9.17, 15) is 0 Å². The van der Waals surface area contributed by atoms with Crippen LogP contribution in [-0.4, -0.2) is 9.81 Å². The van der Waals surface area contributed by atoms with Crippen LogP contribution in [0.5, 0.6) is 0 Å². The third-order valence-electron chi connectivity index (χ3n) is 3.22. The van der Waals surface area contributed by atoms with Gasteiger partial charge >= 0.3 is 0 Å². The van der Waals surface area contributed by atoms with Gasteiger partial charge < -0.3 is 5.73 Å². The van der Waals surface area contributed by atoms with E-state index in [1.165, 1.54) is 25.7 Å². The van der Waals surface area contributed by atoms with Crippen molar-refractivity contribution < 1.29 is 0 Å². The zero-order chi connectivity index (χ0) is 11.5. The molecule has 0 aliphatic heterocycles. The largest absolute Gasteiger partial charge is 0.383 e. The second-order valence-corrected chi connectivity index (χ2v) is 6.17. The molecule has 1 saturated carbocycles. The highest BCUT2D eigenvalue weighted by Gasteiger charge is 2.22. The Morgan fingerprint density at radius 2 is 2.12 bits per heavy atom. The Bertz CT molecular complexity index is 370. The fraction of sp³-hybridized carbons (Fsp3) is 0.583. The topological polar surface area (TPSA) is 38.9 Å². The summed E-state index contributed by atoms with van der Waals surface area (Å²) in [6, 6.07) is 1.97. The van der Waals surface area contributed by atoms with Gasteiger partial charge in [0, 0.05) is 11.0 Å². The molecule has 0 aromatic carbocycles. The van der Waals surface area contributed by atoms with Crippen LogP contribution in [0.4, 0.5) is 5.82 Å². The first kappa shape index (κ1) is 12.2. The number of hydrogen-bond donors (Lipinski definition) is 1. The van der Waals surface area contributed by atoms with Gasteiger partial charge in [-0.2, -0.15) is 0 Å². The quantitative estimate of drug-likeness (QED) is 0.626. The summed E-state index contributed by atoms with van der Waals surface area (Å²) in [6.07, 6.45) is 7.74. The van der Waals surface area contributed by atoms with Crippen molar-refractivity contribution in [3.63, 3.8) is 0 Å². The van der Waals surface area contributed by atoms with E-state index < -0.39 is 0 Å². The molecule has 0 bridgehead atoms. The van der Waals surface area contributed by atoms with Gasteiger partial charge in [-0.3, -0.25) is 0 Å². The summed E-state index contributed by atoms with van der Waals surface area (Å²) >= 11 is 9.71. The zero-order valence-corrected chi connectivity index (χ0v) is 11.5. The van der Waals surface area contributed by atoms with Crippen molar-refractivity contribution >= 4 is 33.3 Å². The maximum atomic E-state index is 5.98. The Morgan fingerprint density at radius 1 is 1.38 bits per heavy atom. The zero-order valence-electron chi connectivity index (χ0n) is 9.13. The van der Waals surface area contributed by atoms with Crippen LogP contribution in [0.3, 0.4) is 0 Å². The van der Waals surface area contributed by atoms with Crippen LogP contribution in [0.2, 0.25) is 5.02 Å². The molecule has 1 fully saturated rings. The molecule has 2 nitrogen and oxygen atoms in total. The summed E-state index contributed by atoms with van der Waals surface area (Å²) in [7, 11) is 0. The van der Waals surface area contributed by atoms with E-state index >= 15 is 0 Å². The number of nitrogen functional groups attached to an aromatic ring is 1. The predicted octanol–water partition coefficient (Wildman–Crippen LogP) is 4.13. The second-order valence-electron chi connectivity index (χ2n) is 4.44. The fourth-order valence-electron chi connectivity index (χ4n) is 2.38. The molecule has 0 saturated heterocycles. The number of alkyl halides is 1. The minimum Gasteiger partial charge on any atom is -0.383 e. The van der Waals surface area contributed by atoms with E-state index in [0.717, 1.165) is 12.0 Å². The average molecular weight is 304 g/mol. The number of halogens is 2. The first-order chi connectivity index (χ1) is 7.66. The number of aromatic nitrogens is 1. The van der Waals surface area contributed by atoms with Crippen molar-refractivity contribution in [1.29, 1.82) is 0 Å². The van der Waals surface area contributed by atoms with Crippen molar-refractivity contribution in [2.45, 2.75) is 42.8 Å². The summed E-state index contributed by atoms with van der Waals surface area (Å²) in [4.78, 5) is 4.74. The molecule has 16 heavy (non-hydrogen) atoms. The van der Waals surface area contributed by atoms with E-state index in [2.05, 4.69) is 20.9 Å². The first-order valence-corrected chi connectivity index (χ1v) is 7.01. The highest BCUT2D eigenvalue weighted by Crippen LogP contribution is 2.37. The lowest BCUT2D eigenvalue weighted by atomic mass is 9.92. The van der Waals surface area contributed by atoms with Crippen molar-refractivity contribution in [2.24, 2.45) is 0 Å². The van der Waals surface area contributed by atoms with Crippen LogP contribution >= 0.6 is 27.5 Å². The molecule has 0 radical (unpaired) electrons. The Kier molecular flexibility index (Phi) is 4.09. The summed E-state index contributed by atoms with van der Waals surface area (Å²) in [5.41, 5.74) is 7.06. The first-order valence-electron chi connectivity index (χ1n) is 5.72. The molecule has 0 amide bonds. The number of anilines is 1. The normalized spacial score (nSPS) is 26.4. The Morgan fingerprint density at radius 3 is 2.94 bits per heavy atom. The van der Waals surface area contributed by atoms with Crippen molar-refractivity contribution in [3.05, 3.63) is 22.8 Å². The number of hydrogen-bond acceptors (Lipinski definition) is 2. The van der Waals surface area contributed by atoms with E-state index in [1.54, 1.807) is 6.20 Å². The van der Waals surface area contributed by atoms with Crippen LogP contribution in [-0.2, 0) is 0 Å². The van der Waals surface area contributed by atoms with E-state index in [0.29, 0.717) is 21.6 Å². The van der Waals surface area contributed by atoms with Crippen LogP contribution in [0.15, 0.2) is 12.3 Å². The van der Waals surface area contributed by atoms with Gasteiger partial charge in [-0.1, -0.05) is 40.4 Å². The fourth-order valence-corrected chi connectivity index (χ4v) is 3.32. The second kappa shape index (κ2) is 5.37. The van der Waals surface area contributed by atoms with Crippen LogP contribution in [0.1, 0.15) is 43.6 Å². The molecule has 4 heteroatoms. The van der Waals surface area contributed by atoms with E-state index in [1.807, 2.05) is 6.07 Å². The van der Waals surface area contributed by atoms with Gasteiger partial charge in [0.25, 0.3) is 0 Å². The Balaban J connectivity index is 2.24. The SMILES string of the molecule is Nc1ncc(Cl)cc1C1CCCCC(Br)C1. The Labute approximate surface area is 110 Å². The lowest BCUT2D eigenvalue weighted by molar-refractivity contribution is 0.600. The van der Waals surface area contributed by atoms with Gasteiger partial charge in [0.05, 0.1) is 5.02 Å². The molecule has 1 aliphatic rings. The number of nitrogens with zero attached hydrogens (tertiary/aromatic N) is 1. The maximum Gasteiger partial charge on any atom is 0.126 e.